The number of alkyl halides is 6. The van der Waals surface area contributed by atoms with Gasteiger partial charge in [-0.15, -0.1) is 0 Å². The number of hydrogen-bond acceptors (Lipinski definition) is 2. The maximum atomic E-state index is 13.0. The molecule has 0 saturated carbocycles. The van der Waals surface area contributed by atoms with E-state index in [1.807, 2.05) is 0 Å². The number of halogens is 6. The van der Waals surface area contributed by atoms with Crippen LogP contribution in [0.15, 0.2) is 24.3 Å². The third kappa shape index (κ3) is 2.52. The number of carboxylic acids is 2. The molecule has 0 heterocycles. The Bertz CT molecular complexity index is 561. The zero-order valence-corrected chi connectivity index (χ0v) is 9.79. The van der Waals surface area contributed by atoms with Gasteiger partial charge in [-0.05, 0) is 6.07 Å². The van der Waals surface area contributed by atoms with Crippen LogP contribution in [0.25, 0.3) is 0 Å². The van der Waals surface area contributed by atoms with Gasteiger partial charge in [-0.3, -0.25) is 9.59 Å². The summed E-state index contributed by atoms with van der Waals surface area (Å²) in [5, 5.41) is 17.4. The van der Waals surface area contributed by atoms with E-state index >= 15 is 0 Å². The van der Waals surface area contributed by atoms with Crippen LogP contribution in [0.5, 0.6) is 0 Å². The molecule has 10 heteroatoms. The van der Waals surface area contributed by atoms with E-state index in [-0.39, 0.29) is 12.1 Å². The molecule has 116 valence electrons. The molecule has 0 atom stereocenters. The minimum Gasteiger partial charge on any atom is -0.480 e. The number of hydrogen-bond donors (Lipinski definition) is 2. The molecular weight excluding hydrogens is 310 g/mol. The van der Waals surface area contributed by atoms with Crippen molar-refractivity contribution in [2.24, 2.45) is 0 Å². The second-order valence-corrected chi connectivity index (χ2v) is 3.90. The van der Waals surface area contributed by atoms with Gasteiger partial charge in [0.25, 0.3) is 5.41 Å². The average molecular weight is 316 g/mol. The molecular formula is C11H6F6O4. The Morgan fingerprint density at radius 2 is 1.19 bits per heavy atom. The lowest BCUT2D eigenvalue weighted by Gasteiger charge is -2.29. The fourth-order valence-electron chi connectivity index (χ4n) is 1.77. The van der Waals surface area contributed by atoms with Crippen molar-refractivity contribution in [2.75, 3.05) is 0 Å². The minimum atomic E-state index is -5.98. The molecule has 1 aromatic rings. The zero-order valence-electron chi connectivity index (χ0n) is 9.79. The number of aliphatic carboxylic acids is 2. The van der Waals surface area contributed by atoms with Crippen LogP contribution in [0, 0.1) is 0 Å². The molecule has 0 aliphatic rings. The molecule has 4 nitrogen and oxygen atoms in total. The smallest absolute Gasteiger partial charge is 0.419 e. The molecule has 1 aromatic carbocycles. The van der Waals surface area contributed by atoms with Crippen molar-refractivity contribution < 1.29 is 46.1 Å². The van der Waals surface area contributed by atoms with Crippen LogP contribution in [0.4, 0.5) is 26.3 Å². The maximum Gasteiger partial charge on any atom is 0.419 e. The third-order valence-electron chi connectivity index (χ3n) is 2.70. The summed E-state index contributed by atoms with van der Waals surface area (Å²) in [6.07, 6.45) is -11.3. The second kappa shape index (κ2) is 4.93. The second-order valence-electron chi connectivity index (χ2n) is 3.90. The lowest BCUT2D eigenvalue weighted by Crippen LogP contribution is -2.56. The first-order valence-corrected chi connectivity index (χ1v) is 5.07. The summed E-state index contributed by atoms with van der Waals surface area (Å²) < 4.78 is 77.2. The minimum absolute atomic E-state index is 0.179. The van der Waals surface area contributed by atoms with E-state index < -0.39 is 40.8 Å². The largest absolute Gasteiger partial charge is 0.480 e. The number of carbonyl (C=O) groups is 2. The number of benzene rings is 1. The van der Waals surface area contributed by atoms with E-state index in [9.17, 15) is 35.9 Å². The van der Waals surface area contributed by atoms with Crippen LogP contribution in [0.3, 0.4) is 0 Å². The molecule has 0 saturated heterocycles. The summed E-state index contributed by atoms with van der Waals surface area (Å²) in [6, 6.07) is 1.77. The van der Waals surface area contributed by atoms with Gasteiger partial charge < -0.3 is 10.2 Å². The van der Waals surface area contributed by atoms with Gasteiger partial charge in [-0.25, -0.2) is 0 Å². The quantitative estimate of drug-likeness (QED) is 0.664. The highest BCUT2D eigenvalue weighted by molar-refractivity contribution is 6.06. The zero-order chi connectivity index (χ0) is 16.6. The van der Waals surface area contributed by atoms with Crippen LogP contribution in [0.2, 0.25) is 0 Å². The van der Waals surface area contributed by atoms with E-state index in [1.165, 1.54) is 0 Å². The van der Waals surface area contributed by atoms with Crippen molar-refractivity contribution >= 4 is 11.9 Å². The molecule has 0 aromatic heterocycles. The lowest BCUT2D eigenvalue weighted by molar-refractivity contribution is -0.214. The molecule has 0 radical (unpaired) electrons. The van der Waals surface area contributed by atoms with E-state index in [2.05, 4.69) is 0 Å². The van der Waals surface area contributed by atoms with Crippen LogP contribution < -0.4 is 0 Å². The monoisotopic (exact) mass is 316 g/mol. The molecule has 0 aliphatic carbocycles. The Morgan fingerprint density at radius 1 is 0.810 bits per heavy atom. The molecule has 2 N–H and O–H groups in total. The standard InChI is InChI=1S/C11H6F6O4/c12-10(13,14)6-4-2-1-3-5(6)9(7(18)19,8(20)21)11(15,16)17/h1-4H,(H,18,19)(H,20,21). The fourth-order valence-corrected chi connectivity index (χ4v) is 1.77. The van der Waals surface area contributed by atoms with E-state index in [0.717, 1.165) is 6.07 Å². The van der Waals surface area contributed by atoms with Crippen molar-refractivity contribution in [3.63, 3.8) is 0 Å². The predicted molar refractivity (Wildman–Crippen MR) is 54.4 cm³/mol. The summed E-state index contributed by atoms with van der Waals surface area (Å²) in [6.45, 7) is 0. The van der Waals surface area contributed by atoms with Crippen molar-refractivity contribution in [3.05, 3.63) is 35.4 Å². The summed E-state index contributed by atoms with van der Waals surface area (Å²) >= 11 is 0. The van der Waals surface area contributed by atoms with Gasteiger partial charge in [0.05, 0.1) is 5.56 Å². The maximum absolute atomic E-state index is 13.0. The summed E-state index contributed by atoms with van der Waals surface area (Å²) in [7, 11) is 0. The molecule has 21 heavy (non-hydrogen) atoms. The van der Waals surface area contributed by atoms with E-state index in [1.54, 1.807) is 0 Å². The van der Waals surface area contributed by atoms with Crippen LogP contribution in [-0.4, -0.2) is 28.3 Å². The van der Waals surface area contributed by atoms with Gasteiger partial charge in [-0.2, -0.15) is 26.3 Å². The number of rotatable bonds is 3. The van der Waals surface area contributed by atoms with Gasteiger partial charge in [0.1, 0.15) is 0 Å². The van der Waals surface area contributed by atoms with Crippen LogP contribution in [0.1, 0.15) is 11.1 Å². The third-order valence-corrected chi connectivity index (χ3v) is 2.70. The first-order chi connectivity index (χ1) is 9.36. The van der Waals surface area contributed by atoms with E-state index in [4.69, 9.17) is 10.2 Å². The molecule has 0 aliphatic heterocycles. The highest BCUT2D eigenvalue weighted by Gasteiger charge is 2.69. The Morgan fingerprint density at radius 3 is 1.48 bits per heavy atom. The molecule has 0 fully saturated rings. The topological polar surface area (TPSA) is 74.6 Å². The normalized spacial score (nSPS) is 13.0. The van der Waals surface area contributed by atoms with Crippen LogP contribution >= 0.6 is 0 Å². The van der Waals surface area contributed by atoms with Gasteiger partial charge in [-0.1, -0.05) is 18.2 Å². The van der Waals surface area contributed by atoms with Crippen LogP contribution in [-0.2, 0) is 21.2 Å². The first kappa shape index (κ1) is 16.8. The molecule has 0 unspecified atom stereocenters. The highest BCUT2D eigenvalue weighted by Crippen LogP contribution is 2.46. The SMILES string of the molecule is O=C(O)C(C(=O)O)(c1ccccc1C(F)(F)F)C(F)(F)F. The summed E-state index contributed by atoms with van der Waals surface area (Å²) in [5.74, 6) is -5.92. The fraction of sp³-hybridized carbons (Fsp3) is 0.273. The van der Waals surface area contributed by atoms with Gasteiger partial charge in [0.2, 0.25) is 0 Å². The Balaban J connectivity index is 3.88. The van der Waals surface area contributed by atoms with Gasteiger partial charge in [0.15, 0.2) is 0 Å². The Labute approximate surface area is 112 Å². The first-order valence-electron chi connectivity index (χ1n) is 5.07. The van der Waals surface area contributed by atoms with Crippen molar-refractivity contribution in [1.82, 2.24) is 0 Å². The summed E-state index contributed by atoms with van der Waals surface area (Å²) in [5.41, 5.74) is -8.59. The van der Waals surface area contributed by atoms with Gasteiger partial charge in [0, 0.05) is 5.56 Å². The Hall–Kier alpha value is -2.26. The molecule has 0 spiro atoms. The lowest BCUT2D eigenvalue weighted by atomic mass is 9.77. The average Bonchev–Trinajstić information content (AvgIpc) is 2.25. The van der Waals surface area contributed by atoms with Crippen molar-refractivity contribution in [1.29, 1.82) is 0 Å². The highest BCUT2D eigenvalue weighted by atomic mass is 19.4. The molecule has 1 rings (SSSR count). The predicted octanol–water partition coefficient (Wildman–Crippen LogP) is 2.67. The van der Waals surface area contributed by atoms with Gasteiger partial charge >= 0.3 is 24.3 Å². The summed E-state index contributed by atoms with van der Waals surface area (Å²) in [4.78, 5) is 21.8. The Kier molecular flexibility index (Phi) is 3.95. The molecule has 0 amide bonds. The van der Waals surface area contributed by atoms with Crippen molar-refractivity contribution in [2.45, 2.75) is 17.8 Å². The molecule has 0 bridgehead atoms. The van der Waals surface area contributed by atoms with Crippen molar-refractivity contribution in [3.8, 4) is 0 Å². The van der Waals surface area contributed by atoms with E-state index in [0.29, 0.717) is 6.07 Å². The number of carboxylic acid groups (broad SMARTS) is 2.